The van der Waals surface area contributed by atoms with Gasteiger partial charge in [0.05, 0.1) is 24.1 Å². The van der Waals surface area contributed by atoms with Gasteiger partial charge in [-0.15, -0.1) is 0 Å². The molecule has 0 saturated carbocycles. The summed E-state index contributed by atoms with van der Waals surface area (Å²) in [7, 11) is -2.06. The monoisotopic (exact) mass is 545 g/mol. The number of nitrogens with one attached hydrogen (secondary N) is 2. The zero-order valence-electron chi connectivity index (χ0n) is 21.6. The van der Waals surface area contributed by atoms with Crippen LogP contribution in [0.1, 0.15) is 34.0 Å². The number of hydrogen-bond donors (Lipinski definition) is 3. The van der Waals surface area contributed by atoms with E-state index in [2.05, 4.69) is 23.6 Å². The molecule has 2 atom stereocenters. The summed E-state index contributed by atoms with van der Waals surface area (Å²) in [5.74, 6) is -2.02. The lowest BCUT2D eigenvalue weighted by Gasteiger charge is -2.25. The Labute approximate surface area is 222 Å². The second-order valence-electron chi connectivity index (χ2n) is 9.21. The fourth-order valence-electron chi connectivity index (χ4n) is 4.00. The van der Waals surface area contributed by atoms with E-state index >= 15 is 0 Å². The maximum absolute atomic E-state index is 13.8. The Morgan fingerprint density at radius 1 is 0.974 bits per heavy atom. The molecule has 0 fully saturated rings. The van der Waals surface area contributed by atoms with Gasteiger partial charge in [-0.05, 0) is 65.9 Å². The standard InChI is InChI=1S/C28H33F2N3O4S/c1-4-19-6-5-7-20(12-19)17-31-18-27(34)26(15-21-13-23(29)16-24(30)14-21)32-28(35)22-8-10-25(11-9-22)33(2)38(3,36)37/h5-14,16,26-27,31,34H,4,15,17-18H2,1-3H3,(H,32,35). The van der Waals surface area contributed by atoms with E-state index in [1.54, 1.807) is 0 Å². The third-order valence-electron chi connectivity index (χ3n) is 6.23. The van der Waals surface area contributed by atoms with Gasteiger partial charge >= 0.3 is 0 Å². The number of carbonyl (C=O) groups is 1. The lowest BCUT2D eigenvalue weighted by atomic mass is 10.00. The zero-order chi connectivity index (χ0) is 27.9. The molecule has 0 spiro atoms. The second-order valence-corrected chi connectivity index (χ2v) is 11.2. The summed E-state index contributed by atoms with van der Waals surface area (Å²) >= 11 is 0. The molecular weight excluding hydrogens is 512 g/mol. The highest BCUT2D eigenvalue weighted by molar-refractivity contribution is 7.92. The Kier molecular flexibility index (Phi) is 9.96. The van der Waals surface area contributed by atoms with Gasteiger partial charge in [0.1, 0.15) is 11.6 Å². The molecule has 7 nitrogen and oxygen atoms in total. The van der Waals surface area contributed by atoms with Crippen LogP contribution in [0, 0.1) is 11.6 Å². The van der Waals surface area contributed by atoms with Crippen LogP contribution >= 0.6 is 0 Å². The second kappa shape index (κ2) is 12.9. The SMILES string of the molecule is CCc1cccc(CNCC(O)C(Cc2cc(F)cc(F)c2)NC(=O)c2ccc(N(C)S(C)(=O)=O)cc2)c1. The first-order valence-corrected chi connectivity index (χ1v) is 14.1. The normalized spacial score (nSPS) is 13.1. The van der Waals surface area contributed by atoms with Crippen molar-refractivity contribution in [3.63, 3.8) is 0 Å². The lowest BCUT2D eigenvalue weighted by molar-refractivity contribution is 0.0830. The molecule has 38 heavy (non-hydrogen) atoms. The van der Waals surface area contributed by atoms with Crippen molar-refractivity contribution in [2.45, 2.75) is 38.5 Å². The van der Waals surface area contributed by atoms with Crippen LogP contribution in [0.15, 0.2) is 66.7 Å². The van der Waals surface area contributed by atoms with Gasteiger partial charge in [-0.3, -0.25) is 9.10 Å². The molecule has 0 saturated heterocycles. The molecule has 10 heteroatoms. The van der Waals surface area contributed by atoms with Gasteiger partial charge in [-0.2, -0.15) is 0 Å². The molecule has 2 unspecified atom stereocenters. The number of sulfonamides is 1. The molecule has 3 N–H and O–H groups in total. The van der Waals surface area contributed by atoms with Gasteiger partial charge in [0, 0.05) is 31.8 Å². The van der Waals surface area contributed by atoms with Crippen molar-refractivity contribution in [2.75, 3.05) is 24.2 Å². The first kappa shape index (κ1) is 29.2. The average molecular weight is 546 g/mol. The van der Waals surface area contributed by atoms with E-state index < -0.39 is 39.7 Å². The molecule has 0 aliphatic heterocycles. The third kappa shape index (κ3) is 8.34. The van der Waals surface area contributed by atoms with Crippen LogP contribution in [-0.4, -0.2) is 51.4 Å². The Balaban J connectivity index is 1.73. The summed E-state index contributed by atoms with van der Waals surface area (Å²) < 4.78 is 52.2. The van der Waals surface area contributed by atoms with Gasteiger partial charge in [-0.1, -0.05) is 31.2 Å². The summed E-state index contributed by atoms with van der Waals surface area (Å²) in [6, 6.07) is 16.2. The Bertz CT molecular complexity index is 1330. The van der Waals surface area contributed by atoms with Crippen LogP contribution in [0.5, 0.6) is 0 Å². The maximum Gasteiger partial charge on any atom is 0.251 e. The molecule has 3 aromatic rings. The van der Waals surface area contributed by atoms with Crippen molar-refractivity contribution in [3.05, 3.63) is 101 Å². The van der Waals surface area contributed by atoms with Crippen molar-refractivity contribution in [1.82, 2.24) is 10.6 Å². The minimum absolute atomic E-state index is 0.0104. The first-order valence-electron chi connectivity index (χ1n) is 12.2. The van der Waals surface area contributed by atoms with E-state index in [1.807, 2.05) is 18.2 Å². The summed E-state index contributed by atoms with van der Waals surface area (Å²) in [5.41, 5.74) is 3.14. The van der Waals surface area contributed by atoms with Gasteiger partial charge in [-0.25, -0.2) is 17.2 Å². The van der Waals surface area contributed by atoms with Gasteiger partial charge in [0.25, 0.3) is 5.91 Å². The molecule has 0 aliphatic carbocycles. The predicted molar refractivity (Wildman–Crippen MR) is 145 cm³/mol. The number of aliphatic hydroxyl groups is 1. The first-order chi connectivity index (χ1) is 18.0. The van der Waals surface area contributed by atoms with E-state index in [4.69, 9.17) is 0 Å². The van der Waals surface area contributed by atoms with Gasteiger partial charge < -0.3 is 15.7 Å². The van der Waals surface area contributed by atoms with Crippen molar-refractivity contribution in [2.24, 2.45) is 0 Å². The Hall–Kier alpha value is -3.34. The fraction of sp³-hybridized carbons (Fsp3) is 0.321. The molecule has 0 heterocycles. The summed E-state index contributed by atoms with van der Waals surface area (Å²) in [5, 5.41) is 16.9. The van der Waals surface area contributed by atoms with Gasteiger partial charge in [0.15, 0.2) is 0 Å². The maximum atomic E-state index is 13.8. The van der Waals surface area contributed by atoms with Crippen molar-refractivity contribution in [3.8, 4) is 0 Å². The van der Waals surface area contributed by atoms with E-state index in [1.165, 1.54) is 36.9 Å². The average Bonchev–Trinajstić information content (AvgIpc) is 2.86. The van der Waals surface area contributed by atoms with Gasteiger partial charge in [0.2, 0.25) is 10.0 Å². The van der Waals surface area contributed by atoms with Crippen molar-refractivity contribution >= 4 is 21.6 Å². The largest absolute Gasteiger partial charge is 0.390 e. The van der Waals surface area contributed by atoms with Crippen LogP contribution in [0.4, 0.5) is 14.5 Å². The molecule has 204 valence electrons. The highest BCUT2D eigenvalue weighted by Crippen LogP contribution is 2.17. The number of rotatable bonds is 12. The predicted octanol–water partition coefficient (Wildman–Crippen LogP) is 3.41. The molecular formula is C28H33F2N3O4S. The number of hydrogen-bond acceptors (Lipinski definition) is 5. The minimum Gasteiger partial charge on any atom is -0.390 e. The number of aliphatic hydroxyl groups excluding tert-OH is 1. The molecule has 0 aliphatic rings. The highest BCUT2D eigenvalue weighted by atomic mass is 32.2. The van der Waals surface area contributed by atoms with E-state index in [9.17, 15) is 27.1 Å². The fourth-order valence-corrected chi connectivity index (χ4v) is 4.50. The number of aryl methyl sites for hydroxylation is 1. The topological polar surface area (TPSA) is 98.7 Å². The van der Waals surface area contributed by atoms with Crippen LogP contribution < -0.4 is 14.9 Å². The molecule has 1 amide bonds. The number of benzene rings is 3. The number of halogens is 2. The van der Waals surface area contributed by atoms with Crippen LogP contribution in [-0.2, 0) is 29.4 Å². The lowest BCUT2D eigenvalue weighted by Crippen LogP contribution is -2.48. The van der Waals surface area contributed by atoms with Crippen LogP contribution in [0.25, 0.3) is 0 Å². The van der Waals surface area contributed by atoms with Crippen LogP contribution in [0.2, 0.25) is 0 Å². The molecule has 0 bridgehead atoms. The van der Waals surface area contributed by atoms with E-state index in [0.29, 0.717) is 12.2 Å². The van der Waals surface area contributed by atoms with Crippen molar-refractivity contribution in [1.29, 1.82) is 0 Å². The van der Waals surface area contributed by atoms with E-state index in [0.717, 1.165) is 40.7 Å². The minimum atomic E-state index is -3.46. The third-order valence-corrected chi connectivity index (χ3v) is 7.44. The number of carbonyl (C=O) groups excluding carboxylic acids is 1. The number of anilines is 1. The number of amides is 1. The Morgan fingerprint density at radius 2 is 1.61 bits per heavy atom. The highest BCUT2D eigenvalue weighted by Gasteiger charge is 2.23. The summed E-state index contributed by atoms with van der Waals surface area (Å²) in [4.78, 5) is 13.0. The van der Waals surface area contributed by atoms with Crippen LogP contribution in [0.3, 0.4) is 0 Å². The van der Waals surface area contributed by atoms with Crippen molar-refractivity contribution < 1.29 is 27.1 Å². The molecule has 0 aromatic heterocycles. The zero-order valence-corrected chi connectivity index (χ0v) is 22.4. The molecule has 0 radical (unpaired) electrons. The quantitative estimate of drug-likeness (QED) is 0.324. The Morgan fingerprint density at radius 3 is 2.21 bits per heavy atom. The molecule has 3 aromatic carbocycles. The number of nitrogens with zero attached hydrogens (tertiary/aromatic N) is 1. The van der Waals surface area contributed by atoms with E-state index in [-0.39, 0.29) is 24.1 Å². The smallest absolute Gasteiger partial charge is 0.251 e. The summed E-state index contributed by atoms with van der Waals surface area (Å²) in [6.07, 6.45) is 0.892. The molecule has 3 rings (SSSR count). The summed E-state index contributed by atoms with van der Waals surface area (Å²) in [6.45, 7) is 2.68.